The molecule has 1 fully saturated rings. The third-order valence-electron chi connectivity index (χ3n) is 5.77. The second-order valence-electron chi connectivity index (χ2n) is 7.93. The van der Waals surface area contributed by atoms with Crippen molar-refractivity contribution in [3.05, 3.63) is 62.2 Å². The summed E-state index contributed by atoms with van der Waals surface area (Å²) < 4.78 is 26.7. The van der Waals surface area contributed by atoms with Gasteiger partial charge < -0.3 is 4.98 Å². The first-order valence-corrected chi connectivity index (χ1v) is 11.7. The molecule has 0 aliphatic heterocycles. The fraction of sp³-hybridized carbons (Fsp3) is 0.409. The monoisotopic (exact) mass is 464 g/mol. The summed E-state index contributed by atoms with van der Waals surface area (Å²) in [5.74, 6) is -0.924. The van der Waals surface area contributed by atoms with Gasteiger partial charge in [0, 0.05) is 16.9 Å². The van der Waals surface area contributed by atoms with Crippen LogP contribution < -0.4 is 5.56 Å². The molecule has 1 aromatic carbocycles. The third-order valence-corrected chi connectivity index (χ3v) is 7.06. The Bertz CT molecular complexity index is 1140. The second-order valence-corrected chi connectivity index (χ2v) is 9.27. The lowest BCUT2D eigenvalue weighted by molar-refractivity contribution is 0.353. The van der Waals surface area contributed by atoms with Gasteiger partial charge in [0.25, 0.3) is 5.56 Å². The Kier molecular flexibility index (Phi) is 6.77. The molecule has 31 heavy (non-hydrogen) atoms. The van der Waals surface area contributed by atoms with E-state index in [4.69, 9.17) is 16.6 Å². The van der Waals surface area contributed by atoms with Gasteiger partial charge in [-0.3, -0.25) is 9.89 Å². The molecule has 0 radical (unpaired) electrons. The molecular weight excluding hydrogens is 442 g/mol. The minimum Gasteiger partial charge on any atom is -0.301 e. The zero-order valence-electron chi connectivity index (χ0n) is 17.1. The average Bonchev–Trinajstić information content (AvgIpc) is 3.13. The van der Waals surface area contributed by atoms with Gasteiger partial charge in [-0.2, -0.15) is 5.10 Å². The number of H-pyrrole nitrogens is 2. The van der Waals surface area contributed by atoms with E-state index in [0.717, 1.165) is 24.2 Å². The lowest BCUT2D eigenvalue weighted by Gasteiger charge is -2.21. The fourth-order valence-electron chi connectivity index (χ4n) is 3.93. The quantitative estimate of drug-likeness (QED) is 0.356. The first-order chi connectivity index (χ1) is 14.9. The molecule has 3 aromatic rings. The Morgan fingerprint density at radius 1 is 1.16 bits per heavy atom. The van der Waals surface area contributed by atoms with E-state index in [2.05, 4.69) is 15.2 Å². The Balaban J connectivity index is 1.49. The molecule has 0 bridgehead atoms. The minimum absolute atomic E-state index is 0.126. The summed E-state index contributed by atoms with van der Waals surface area (Å²) in [6.07, 6.45) is 6.97. The van der Waals surface area contributed by atoms with E-state index in [-0.39, 0.29) is 5.56 Å². The van der Waals surface area contributed by atoms with Crippen molar-refractivity contribution in [2.45, 2.75) is 56.4 Å². The highest BCUT2D eigenvalue weighted by Crippen LogP contribution is 2.32. The highest BCUT2D eigenvalue weighted by atomic mass is 35.5. The predicted molar refractivity (Wildman–Crippen MR) is 118 cm³/mol. The molecular formula is C22H23ClF2N4OS. The van der Waals surface area contributed by atoms with Crippen LogP contribution in [0.1, 0.15) is 49.1 Å². The van der Waals surface area contributed by atoms with Crippen LogP contribution in [-0.2, 0) is 12.2 Å². The standard InChI is InChI=1S/C22H23ClF2N4OS/c1-12-17(9-13-5-3-2-4-6-13)26-22(27-21(12)30)31-11-18-19(23)20(29-28-18)14-7-8-15(24)16(25)10-14/h7-8,10,13H,2-6,9,11H2,1H3,(H,28,29)(H,26,27,30). The number of thioether (sulfide) groups is 1. The summed E-state index contributed by atoms with van der Waals surface area (Å²) in [5, 5.41) is 7.84. The lowest BCUT2D eigenvalue weighted by Crippen LogP contribution is -2.19. The smallest absolute Gasteiger partial charge is 0.254 e. The maximum atomic E-state index is 13.6. The van der Waals surface area contributed by atoms with E-state index in [0.29, 0.717) is 44.4 Å². The first kappa shape index (κ1) is 22.0. The normalized spacial score (nSPS) is 14.8. The summed E-state index contributed by atoms with van der Waals surface area (Å²) in [4.78, 5) is 19.9. The van der Waals surface area contributed by atoms with Crippen molar-refractivity contribution in [1.29, 1.82) is 0 Å². The highest BCUT2D eigenvalue weighted by molar-refractivity contribution is 7.98. The minimum atomic E-state index is -0.953. The van der Waals surface area contributed by atoms with Gasteiger partial charge in [-0.05, 0) is 37.5 Å². The van der Waals surface area contributed by atoms with Crippen LogP contribution in [0.15, 0.2) is 28.2 Å². The summed E-state index contributed by atoms with van der Waals surface area (Å²) in [6, 6.07) is 3.55. The van der Waals surface area contributed by atoms with E-state index in [1.165, 1.54) is 49.9 Å². The van der Waals surface area contributed by atoms with Crippen molar-refractivity contribution in [2.24, 2.45) is 5.92 Å². The largest absolute Gasteiger partial charge is 0.301 e. The van der Waals surface area contributed by atoms with Crippen LogP contribution in [-0.4, -0.2) is 20.2 Å². The third kappa shape index (κ3) is 5.01. The molecule has 1 aliphatic rings. The maximum Gasteiger partial charge on any atom is 0.254 e. The summed E-state index contributed by atoms with van der Waals surface area (Å²) in [6.45, 7) is 1.82. The molecule has 2 N–H and O–H groups in total. The highest BCUT2D eigenvalue weighted by Gasteiger charge is 2.19. The van der Waals surface area contributed by atoms with Crippen molar-refractivity contribution in [3.63, 3.8) is 0 Å². The van der Waals surface area contributed by atoms with Gasteiger partial charge in [0.2, 0.25) is 0 Å². The SMILES string of the molecule is Cc1c(CC2CCCCC2)nc(SCc2n[nH]c(-c3ccc(F)c(F)c3)c2Cl)[nH]c1=O. The number of nitrogens with one attached hydrogen (secondary N) is 2. The van der Waals surface area contributed by atoms with Crippen LogP contribution in [0.25, 0.3) is 11.3 Å². The number of benzene rings is 1. The molecule has 2 aromatic heterocycles. The van der Waals surface area contributed by atoms with Crippen LogP contribution in [0, 0.1) is 24.5 Å². The molecule has 5 nitrogen and oxygen atoms in total. The number of aromatic amines is 2. The number of nitrogens with zero attached hydrogens (tertiary/aromatic N) is 2. The van der Waals surface area contributed by atoms with Gasteiger partial charge in [0.05, 0.1) is 22.1 Å². The lowest BCUT2D eigenvalue weighted by atomic mass is 9.85. The van der Waals surface area contributed by atoms with Gasteiger partial charge in [0.1, 0.15) is 0 Å². The molecule has 0 saturated heterocycles. The molecule has 0 atom stereocenters. The van der Waals surface area contributed by atoms with Gasteiger partial charge in [0.15, 0.2) is 16.8 Å². The van der Waals surface area contributed by atoms with Crippen molar-refractivity contribution in [2.75, 3.05) is 0 Å². The number of rotatable bonds is 6. The maximum absolute atomic E-state index is 13.6. The molecule has 4 rings (SSSR count). The molecule has 2 heterocycles. The molecule has 0 amide bonds. The second kappa shape index (κ2) is 9.53. The Hall–Kier alpha value is -2.19. The van der Waals surface area contributed by atoms with E-state index >= 15 is 0 Å². The Morgan fingerprint density at radius 3 is 2.68 bits per heavy atom. The molecule has 0 spiro atoms. The summed E-state index contributed by atoms with van der Waals surface area (Å²) in [5.41, 5.74) is 2.77. The Labute approximate surface area is 188 Å². The summed E-state index contributed by atoms with van der Waals surface area (Å²) >= 11 is 7.75. The summed E-state index contributed by atoms with van der Waals surface area (Å²) in [7, 11) is 0. The Morgan fingerprint density at radius 2 is 1.94 bits per heavy atom. The zero-order chi connectivity index (χ0) is 22.0. The van der Waals surface area contributed by atoms with Crippen LogP contribution in [0.2, 0.25) is 5.02 Å². The average molecular weight is 465 g/mol. The van der Waals surface area contributed by atoms with Crippen molar-refractivity contribution < 1.29 is 8.78 Å². The van der Waals surface area contributed by atoms with Crippen molar-refractivity contribution in [3.8, 4) is 11.3 Å². The fourth-order valence-corrected chi connectivity index (χ4v) is 5.09. The number of halogens is 3. The van der Waals surface area contributed by atoms with E-state index in [1.807, 2.05) is 6.92 Å². The topological polar surface area (TPSA) is 74.4 Å². The molecule has 164 valence electrons. The van der Waals surface area contributed by atoms with E-state index in [1.54, 1.807) is 0 Å². The van der Waals surface area contributed by atoms with Gasteiger partial charge in [-0.15, -0.1) is 0 Å². The van der Waals surface area contributed by atoms with Gasteiger partial charge >= 0.3 is 0 Å². The van der Waals surface area contributed by atoms with E-state index in [9.17, 15) is 13.6 Å². The van der Waals surface area contributed by atoms with Crippen molar-refractivity contribution in [1.82, 2.24) is 20.2 Å². The number of aromatic nitrogens is 4. The van der Waals surface area contributed by atoms with Crippen LogP contribution in [0.4, 0.5) is 8.78 Å². The molecule has 1 aliphatic carbocycles. The van der Waals surface area contributed by atoms with Crippen LogP contribution in [0.5, 0.6) is 0 Å². The van der Waals surface area contributed by atoms with E-state index < -0.39 is 11.6 Å². The van der Waals surface area contributed by atoms with Crippen LogP contribution in [0.3, 0.4) is 0 Å². The van der Waals surface area contributed by atoms with Crippen LogP contribution >= 0.6 is 23.4 Å². The number of hydrogen-bond acceptors (Lipinski definition) is 4. The molecule has 9 heteroatoms. The van der Waals surface area contributed by atoms with Gasteiger partial charge in [-0.25, -0.2) is 13.8 Å². The first-order valence-electron chi connectivity index (χ1n) is 10.3. The zero-order valence-corrected chi connectivity index (χ0v) is 18.7. The van der Waals surface area contributed by atoms with Gasteiger partial charge in [-0.1, -0.05) is 55.5 Å². The predicted octanol–water partition coefficient (Wildman–Crippen LogP) is 5.82. The number of hydrogen-bond donors (Lipinski definition) is 2. The van der Waals surface area contributed by atoms with Crippen molar-refractivity contribution >= 4 is 23.4 Å². The molecule has 1 saturated carbocycles. The molecule has 0 unspecified atom stereocenters.